The van der Waals surface area contributed by atoms with Crippen LogP contribution in [-0.4, -0.2) is 66.5 Å². The number of phenolic OH excluding ortho intramolecular Hbond substituents is 1. The highest BCUT2D eigenvalue weighted by atomic mass is 16.6. The van der Waals surface area contributed by atoms with Gasteiger partial charge in [0.1, 0.15) is 30.2 Å². The minimum absolute atomic E-state index is 0.0118. The smallest absolute Gasteiger partial charge is 0.201 e. The highest BCUT2D eigenvalue weighted by molar-refractivity contribution is 6.09. The molecule has 51 heavy (non-hydrogen) atoms. The van der Waals surface area contributed by atoms with Crippen molar-refractivity contribution in [2.24, 2.45) is 5.41 Å². The Morgan fingerprint density at radius 2 is 1.29 bits per heavy atom. The lowest BCUT2D eigenvalue weighted by atomic mass is 9.67. The summed E-state index contributed by atoms with van der Waals surface area (Å²) in [6.45, 7) is 4.51. The first-order valence-corrected chi connectivity index (χ1v) is 16.8. The van der Waals surface area contributed by atoms with Gasteiger partial charge in [-0.05, 0) is 49.6 Å². The fraction of sp³-hybridized carbons (Fsp3) is 0.366. The molecule has 4 aromatic carbocycles. The van der Waals surface area contributed by atoms with E-state index in [0.717, 1.165) is 16.7 Å². The Labute approximate surface area is 298 Å². The van der Waals surface area contributed by atoms with Gasteiger partial charge in [0.2, 0.25) is 5.75 Å². The molecule has 1 saturated heterocycles. The molecule has 0 radical (unpaired) electrons. The highest BCUT2D eigenvalue weighted by Crippen LogP contribution is 2.51. The van der Waals surface area contributed by atoms with Crippen LogP contribution in [0.25, 0.3) is 0 Å². The van der Waals surface area contributed by atoms with Crippen molar-refractivity contribution in [1.82, 2.24) is 0 Å². The first kappa shape index (κ1) is 37.7. The standard InChI is InChI=1S/C41H46O10/c1-27(42)40(2,3)39(44)41(45)37(31-21-22-32(46-4)34(43)35(31)47-5)51-33(26-48-23-28-15-9-6-10-16-28)36(49-24-29-17-11-7-12-18-29)38(41)50-25-30-19-13-8-14-20-30/h6-22,33,36-38,43,45H,23-26H2,1-5H3/t33-,36-,37?,38+,41+/m1/s1. The zero-order valence-corrected chi connectivity index (χ0v) is 29.6. The Hall–Kier alpha value is -4.58. The molecule has 10 nitrogen and oxygen atoms in total. The third-order valence-corrected chi connectivity index (χ3v) is 9.40. The molecule has 1 heterocycles. The molecule has 0 amide bonds. The van der Waals surface area contributed by atoms with Gasteiger partial charge in [-0.25, -0.2) is 0 Å². The minimum Gasteiger partial charge on any atom is -0.502 e. The largest absolute Gasteiger partial charge is 0.502 e. The van der Waals surface area contributed by atoms with Crippen molar-refractivity contribution in [3.8, 4) is 17.2 Å². The van der Waals surface area contributed by atoms with Crippen molar-refractivity contribution in [3.63, 3.8) is 0 Å². The summed E-state index contributed by atoms with van der Waals surface area (Å²) >= 11 is 0. The quantitative estimate of drug-likeness (QED) is 0.131. The third kappa shape index (κ3) is 8.16. The van der Waals surface area contributed by atoms with E-state index in [1.807, 2.05) is 91.0 Å². The van der Waals surface area contributed by atoms with E-state index in [0.29, 0.717) is 0 Å². The van der Waals surface area contributed by atoms with Crippen LogP contribution in [0.4, 0.5) is 0 Å². The number of methoxy groups -OCH3 is 2. The SMILES string of the molecule is COc1ccc(C2O[C@H](COCc3ccccc3)[C@@H](OCc3ccccc3)[C@H](OCc3ccccc3)[C@]2(O)C(=O)C(C)(C)C(C)=O)c(OC)c1O. The fourth-order valence-corrected chi connectivity index (χ4v) is 6.27. The molecule has 0 spiro atoms. The van der Waals surface area contributed by atoms with Gasteiger partial charge in [0.05, 0.1) is 46.1 Å². The topological polar surface area (TPSA) is 130 Å². The number of carbonyl (C=O) groups is 2. The second-order valence-corrected chi connectivity index (χ2v) is 13.1. The summed E-state index contributed by atoms with van der Waals surface area (Å²) in [5, 5.41) is 24.3. The number of aromatic hydroxyl groups is 1. The summed E-state index contributed by atoms with van der Waals surface area (Å²) in [6.07, 6.45) is -4.95. The van der Waals surface area contributed by atoms with Gasteiger partial charge in [0.15, 0.2) is 22.9 Å². The molecule has 5 rings (SSSR count). The molecule has 1 fully saturated rings. The predicted molar refractivity (Wildman–Crippen MR) is 189 cm³/mol. The van der Waals surface area contributed by atoms with Crippen molar-refractivity contribution < 1.29 is 48.2 Å². The molecule has 0 aliphatic carbocycles. The second-order valence-electron chi connectivity index (χ2n) is 13.1. The number of rotatable bonds is 16. The van der Waals surface area contributed by atoms with Gasteiger partial charge in [0.25, 0.3) is 0 Å². The van der Waals surface area contributed by atoms with Crippen molar-refractivity contribution in [1.29, 1.82) is 0 Å². The van der Waals surface area contributed by atoms with E-state index in [9.17, 15) is 19.8 Å². The molecular formula is C41H46O10. The number of phenols is 1. The Morgan fingerprint density at radius 3 is 1.80 bits per heavy atom. The zero-order valence-electron chi connectivity index (χ0n) is 29.6. The van der Waals surface area contributed by atoms with Crippen LogP contribution >= 0.6 is 0 Å². The van der Waals surface area contributed by atoms with E-state index in [1.165, 1.54) is 41.1 Å². The summed E-state index contributed by atoms with van der Waals surface area (Å²) in [7, 11) is 2.74. The first-order chi connectivity index (χ1) is 24.5. The Bertz CT molecular complexity index is 1740. The number of ketones is 2. The molecular weight excluding hydrogens is 652 g/mol. The first-order valence-electron chi connectivity index (χ1n) is 16.8. The van der Waals surface area contributed by atoms with E-state index in [4.69, 9.17) is 28.4 Å². The van der Waals surface area contributed by atoms with E-state index >= 15 is 0 Å². The molecule has 1 unspecified atom stereocenters. The molecule has 2 N–H and O–H groups in total. The Morgan fingerprint density at radius 1 is 0.765 bits per heavy atom. The molecule has 10 heteroatoms. The molecule has 1 aliphatic heterocycles. The van der Waals surface area contributed by atoms with Gasteiger partial charge in [-0.2, -0.15) is 0 Å². The number of hydrogen-bond donors (Lipinski definition) is 2. The molecule has 0 bridgehead atoms. The normalized spacial score (nSPS) is 21.9. The van der Waals surface area contributed by atoms with Crippen LogP contribution in [0.2, 0.25) is 0 Å². The van der Waals surface area contributed by atoms with Gasteiger partial charge in [-0.1, -0.05) is 91.0 Å². The second kappa shape index (κ2) is 16.6. The van der Waals surface area contributed by atoms with Crippen LogP contribution < -0.4 is 9.47 Å². The van der Waals surface area contributed by atoms with Crippen LogP contribution in [-0.2, 0) is 48.4 Å². The summed E-state index contributed by atoms with van der Waals surface area (Å²) in [5.41, 5.74) is -1.57. The van der Waals surface area contributed by atoms with Crippen molar-refractivity contribution in [2.45, 2.75) is 70.6 Å². The monoisotopic (exact) mass is 698 g/mol. The minimum atomic E-state index is -2.56. The summed E-state index contributed by atoms with van der Waals surface area (Å²) in [4.78, 5) is 27.9. The molecule has 4 aromatic rings. The molecule has 0 aromatic heterocycles. The maximum absolute atomic E-state index is 14.9. The number of benzene rings is 4. The van der Waals surface area contributed by atoms with Crippen LogP contribution in [0.3, 0.4) is 0 Å². The van der Waals surface area contributed by atoms with Gasteiger partial charge in [0, 0.05) is 5.56 Å². The Balaban J connectivity index is 1.68. The highest BCUT2D eigenvalue weighted by Gasteiger charge is 2.65. The van der Waals surface area contributed by atoms with E-state index < -0.39 is 47.0 Å². The maximum atomic E-state index is 14.9. The summed E-state index contributed by atoms with van der Waals surface area (Å²) in [6, 6.07) is 31.4. The number of carbonyl (C=O) groups excluding carboxylic acids is 2. The van der Waals surface area contributed by atoms with Gasteiger partial charge >= 0.3 is 0 Å². The molecule has 5 atom stereocenters. The van der Waals surface area contributed by atoms with Gasteiger partial charge < -0.3 is 38.6 Å². The van der Waals surface area contributed by atoms with Crippen molar-refractivity contribution in [2.75, 3.05) is 20.8 Å². The zero-order chi connectivity index (χ0) is 36.6. The van der Waals surface area contributed by atoms with E-state index in [2.05, 4.69) is 0 Å². The number of ether oxygens (including phenoxy) is 6. The van der Waals surface area contributed by atoms with E-state index in [-0.39, 0.29) is 49.2 Å². The number of aliphatic hydroxyl groups is 1. The number of Topliss-reactive ketones (excluding diaryl/α,β-unsaturated/α-hetero) is 2. The van der Waals surface area contributed by atoms with Crippen molar-refractivity contribution >= 4 is 11.6 Å². The van der Waals surface area contributed by atoms with Crippen LogP contribution in [0.15, 0.2) is 103 Å². The average Bonchev–Trinajstić information content (AvgIpc) is 3.14. The van der Waals surface area contributed by atoms with Crippen LogP contribution in [0.1, 0.15) is 49.1 Å². The summed E-state index contributed by atoms with van der Waals surface area (Å²) in [5.74, 6) is -1.65. The summed E-state index contributed by atoms with van der Waals surface area (Å²) < 4.78 is 37.1. The molecule has 1 aliphatic rings. The Kier molecular flexibility index (Phi) is 12.3. The molecule has 0 saturated carbocycles. The predicted octanol–water partition coefficient (Wildman–Crippen LogP) is 6.15. The van der Waals surface area contributed by atoms with E-state index in [1.54, 1.807) is 6.07 Å². The van der Waals surface area contributed by atoms with Crippen LogP contribution in [0.5, 0.6) is 17.2 Å². The lowest BCUT2D eigenvalue weighted by molar-refractivity contribution is -0.295. The van der Waals surface area contributed by atoms with Gasteiger partial charge in [-0.15, -0.1) is 0 Å². The van der Waals surface area contributed by atoms with Crippen LogP contribution in [0, 0.1) is 5.41 Å². The van der Waals surface area contributed by atoms with Crippen molar-refractivity contribution in [3.05, 3.63) is 125 Å². The fourth-order valence-electron chi connectivity index (χ4n) is 6.27. The lowest BCUT2D eigenvalue weighted by Gasteiger charge is -2.52. The third-order valence-electron chi connectivity index (χ3n) is 9.40. The number of hydrogen-bond acceptors (Lipinski definition) is 10. The average molecular weight is 699 g/mol. The lowest BCUT2D eigenvalue weighted by Crippen LogP contribution is -2.70. The van der Waals surface area contributed by atoms with Gasteiger partial charge in [-0.3, -0.25) is 9.59 Å². The molecule has 270 valence electrons. The maximum Gasteiger partial charge on any atom is 0.201 e.